The van der Waals surface area contributed by atoms with Crippen molar-refractivity contribution in [1.29, 1.82) is 0 Å². The average molecular weight is 307 g/mol. The molecule has 0 saturated heterocycles. The SMILES string of the molecule is O=C(O)c1ccc(NC(=O)c2cc(C3CC3)on2)c(Cl)c1. The number of nitrogens with zero attached hydrogens (tertiary/aromatic N) is 1. The summed E-state index contributed by atoms with van der Waals surface area (Å²) in [6.45, 7) is 0. The van der Waals surface area contributed by atoms with Gasteiger partial charge in [0.1, 0.15) is 5.76 Å². The third-order valence-corrected chi connectivity index (χ3v) is 3.52. The van der Waals surface area contributed by atoms with E-state index >= 15 is 0 Å². The summed E-state index contributed by atoms with van der Waals surface area (Å²) in [5.41, 5.74) is 0.549. The minimum atomic E-state index is -1.08. The van der Waals surface area contributed by atoms with E-state index in [2.05, 4.69) is 10.5 Å². The molecule has 1 aromatic carbocycles. The number of halogens is 1. The van der Waals surface area contributed by atoms with Crippen molar-refractivity contribution in [1.82, 2.24) is 5.16 Å². The lowest BCUT2D eigenvalue weighted by Crippen LogP contribution is -2.12. The fraction of sp³-hybridized carbons (Fsp3) is 0.214. The Balaban J connectivity index is 1.75. The Morgan fingerprint density at radius 2 is 2.10 bits per heavy atom. The van der Waals surface area contributed by atoms with Gasteiger partial charge in [0.2, 0.25) is 0 Å². The molecule has 1 fully saturated rings. The number of amides is 1. The van der Waals surface area contributed by atoms with E-state index in [0.29, 0.717) is 17.4 Å². The molecule has 0 bridgehead atoms. The highest BCUT2D eigenvalue weighted by atomic mass is 35.5. The number of anilines is 1. The molecule has 1 saturated carbocycles. The van der Waals surface area contributed by atoms with Gasteiger partial charge < -0.3 is 14.9 Å². The van der Waals surface area contributed by atoms with Crippen LogP contribution in [0.3, 0.4) is 0 Å². The molecule has 21 heavy (non-hydrogen) atoms. The first-order valence-electron chi connectivity index (χ1n) is 6.35. The van der Waals surface area contributed by atoms with Crippen LogP contribution in [0.5, 0.6) is 0 Å². The second-order valence-corrected chi connectivity index (χ2v) is 5.25. The van der Waals surface area contributed by atoms with E-state index in [1.807, 2.05) is 0 Å². The van der Waals surface area contributed by atoms with E-state index in [0.717, 1.165) is 12.8 Å². The molecule has 108 valence electrons. The number of carboxylic acid groups (broad SMARTS) is 1. The summed E-state index contributed by atoms with van der Waals surface area (Å²) in [5.74, 6) is -0.444. The third-order valence-electron chi connectivity index (χ3n) is 3.20. The second kappa shape index (κ2) is 5.21. The van der Waals surface area contributed by atoms with Crippen LogP contribution in [0.1, 0.15) is 45.4 Å². The van der Waals surface area contributed by atoms with Crippen molar-refractivity contribution in [3.05, 3.63) is 46.3 Å². The molecule has 1 aliphatic rings. The molecule has 1 heterocycles. The van der Waals surface area contributed by atoms with Crippen LogP contribution in [0.2, 0.25) is 5.02 Å². The number of carbonyl (C=O) groups is 2. The number of hydrogen-bond donors (Lipinski definition) is 2. The Labute approximate surface area is 124 Å². The van der Waals surface area contributed by atoms with Gasteiger partial charge in [0.15, 0.2) is 5.69 Å². The van der Waals surface area contributed by atoms with E-state index in [9.17, 15) is 9.59 Å². The predicted molar refractivity (Wildman–Crippen MR) is 74.8 cm³/mol. The summed E-state index contributed by atoms with van der Waals surface area (Å²) in [4.78, 5) is 22.8. The van der Waals surface area contributed by atoms with Gasteiger partial charge in [0, 0.05) is 12.0 Å². The quantitative estimate of drug-likeness (QED) is 0.905. The molecular formula is C14H11ClN2O4. The highest BCUT2D eigenvalue weighted by Gasteiger charge is 2.29. The maximum absolute atomic E-state index is 12.0. The highest BCUT2D eigenvalue weighted by molar-refractivity contribution is 6.34. The van der Waals surface area contributed by atoms with Gasteiger partial charge in [-0.2, -0.15) is 0 Å². The summed E-state index contributed by atoms with van der Waals surface area (Å²) in [5, 5.41) is 15.3. The molecule has 0 atom stereocenters. The van der Waals surface area contributed by atoms with Gasteiger partial charge in [0.25, 0.3) is 5.91 Å². The van der Waals surface area contributed by atoms with E-state index in [1.165, 1.54) is 18.2 Å². The fourth-order valence-corrected chi connectivity index (χ4v) is 2.12. The van der Waals surface area contributed by atoms with Crippen LogP contribution in [0, 0.1) is 0 Å². The Bertz CT molecular complexity index is 722. The van der Waals surface area contributed by atoms with Gasteiger partial charge in [-0.25, -0.2) is 4.79 Å². The first-order chi connectivity index (χ1) is 10.0. The van der Waals surface area contributed by atoms with Crippen LogP contribution >= 0.6 is 11.6 Å². The Morgan fingerprint density at radius 3 is 2.71 bits per heavy atom. The number of hydrogen-bond acceptors (Lipinski definition) is 4. The normalized spacial score (nSPS) is 14.0. The zero-order valence-corrected chi connectivity index (χ0v) is 11.6. The van der Waals surface area contributed by atoms with Gasteiger partial charge >= 0.3 is 5.97 Å². The maximum atomic E-state index is 12.0. The van der Waals surface area contributed by atoms with Crippen LogP contribution in [-0.2, 0) is 0 Å². The third kappa shape index (κ3) is 2.90. The Morgan fingerprint density at radius 1 is 1.33 bits per heavy atom. The standard InChI is InChI=1S/C14H11ClN2O4/c15-9-5-8(14(19)20)3-4-10(9)16-13(18)11-6-12(21-17-11)7-1-2-7/h3-7H,1-2H2,(H,16,18)(H,19,20). The molecule has 3 rings (SSSR count). The molecule has 6 nitrogen and oxygen atoms in total. The molecule has 0 aliphatic heterocycles. The molecule has 2 N–H and O–H groups in total. The molecule has 1 aliphatic carbocycles. The van der Waals surface area contributed by atoms with E-state index in [-0.39, 0.29) is 16.3 Å². The van der Waals surface area contributed by atoms with Crippen molar-refractivity contribution in [2.45, 2.75) is 18.8 Å². The van der Waals surface area contributed by atoms with Crippen molar-refractivity contribution in [3.63, 3.8) is 0 Å². The van der Waals surface area contributed by atoms with E-state index in [4.69, 9.17) is 21.2 Å². The summed E-state index contributed by atoms with van der Waals surface area (Å²) >= 11 is 5.95. The van der Waals surface area contributed by atoms with Crippen molar-refractivity contribution < 1.29 is 19.2 Å². The van der Waals surface area contributed by atoms with Crippen molar-refractivity contribution in [2.24, 2.45) is 0 Å². The lowest BCUT2D eigenvalue weighted by atomic mass is 10.2. The van der Waals surface area contributed by atoms with Crippen LogP contribution in [0.25, 0.3) is 0 Å². The number of rotatable bonds is 4. The van der Waals surface area contributed by atoms with Gasteiger partial charge in [-0.05, 0) is 31.0 Å². The monoisotopic (exact) mass is 306 g/mol. The molecule has 2 aromatic rings. The van der Waals surface area contributed by atoms with E-state index in [1.54, 1.807) is 6.07 Å². The molecule has 0 unspecified atom stereocenters. The Kier molecular flexibility index (Phi) is 3.39. The number of aromatic nitrogens is 1. The molecule has 1 amide bonds. The zero-order chi connectivity index (χ0) is 15.0. The number of aromatic carboxylic acids is 1. The minimum Gasteiger partial charge on any atom is -0.478 e. The topological polar surface area (TPSA) is 92.4 Å². The van der Waals surface area contributed by atoms with Crippen LogP contribution in [-0.4, -0.2) is 22.1 Å². The van der Waals surface area contributed by atoms with Crippen molar-refractivity contribution in [2.75, 3.05) is 5.32 Å². The van der Waals surface area contributed by atoms with Crippen LogP contribution in [0.4, 0.5) is 5.69 Å². The average Bonchev–Trinajstić information content (AvgIpc) is 3.18. The smallest absolute Gasteiger partial charge is 0.335 e. The first-order valence-corrected chi connectivity index (χ1v) is 6.73. The number of carbonyl (C=O) groups excluding carboxylic acids is 1. The molecule has 0 radical (unpaired) electrons. The zero-order valence-electron chi connectivity index (χ0n) is 10.8. The Hall–Kier alpha value is -2.34. The molecule has 7 heteroatoms. The lowest BCUT2D eigenvalue weighted by Gasteiger charge is -2.06. The van der Waals surface area contributed by atoms with Crippen molar-refractivity contribution in [3.8, 4) is 0 Å². The van der Waals surface area contributed by atoms with Crippen LogP contribution < -0.4 is 5.32 Å². The minimum absolute atomic E-state index is 0.0513. The lowest BCUT2D eigenvalue weighted by molar-refractivity contribution is 0.0696. The maximum Gasteiger partial charge on any atom is 0.335 e. The van der Waals surface area contributed by atoms with Gasteiger partial charge in [-0.3, -0.25) is 4.79 Å². The highest BCUT2D eigenvalue weighted by Crippen LogP contribution is 2.40. The molecular weight excluding hydrogens is 296 g/mol. The van der Waals surface area contributed by atoms with Crippen molar-refractivity contribution >= 4 is 29.2 Å². The van der Waals surface area contributed by atoms with E-state index < -0.39 is 11.9 Å². The first kappa shape index (κ1) is 13.6. The molecule has 1 aromatic heterocycles. The second-order valence-electron chi connectivity index (χ2n) is 4.84. The molecule has 0 spiro atoms. The van der Waals surface area contributed by atoms with Gasteiger partial charge in [-0.15, -0.1) is 0 Å². The summed E-state index contributed by atoms with van der Waals surface area (Å²) in [6.07, 6.45) is 2.11. The number of benzene rings is 1. The summed E-state index contributed by atoms with van der Waals surface area (Å²) in [7, 11) is 0. The summed E-state index contributed by atoms with van der Waals surface area (Å²) in [6, 6.07) is 5.69. The van der Waals surface area contributed by atoms with Gasteiger partial charge in [-0.1, -0.05) is 16.8 Å². The van der Waals surface area contributed by atoms with Crippen LogP contribution in [0.15, 0.2) is 28.8 Å². The van der Waals surface area contributed by atoms with Gasteiger partial charge in [0.05, 0.1) is 16.3 Å². The predicted octanol–water partition coefficient (Wildman–Crippen LogP) is 3.16. The number of nitrogens with one attached hydrogen (secondary N) is 1. The summed E-state index contributed by atoms with van der Waals surface area (Å²) < 4.78 is 5.11. The fourth-order valence-electron chi connectivity index (χ4n) is 1.89. The largest absolute Gasteiger partial charge is 0.478 e. The number of carboxylic acids is 1.